The SMILES string of the molecule is C[C@H](CNc1ncc([N+](=O)[O-])cc1Cl)S(N)(=O)=O. The van der Waals surface area contributed by atoms with Crippen molar-refractivity contribution in [2.75, 3.05) is 11.9 Å². The van der Waals surface area contributed by atoms with E-state index in [4.69, 9.17) is 16.7 Å². The molecule has 0 aliphatic rings. The number of hydrogen-bond donors (Lipinski definition) is 2. The molecule has 100 valence electrons. The van der Waals surface area contributed by atoms with Crippen molar-refractivity contribution in [3.05, 3.63) is 27.4 Å². The molecular weight excluding hydrogens is 284 g/mol. The van der Waals surface area contributed by atoms with Crippen LogP contribution in [0.1, 0.15) is 6.92 Å². The summed E-state index contributed by atoms with van der Waals surface area (Å²) in [6, 6.07) is 1.12. The molecular formula is C8H11ClN4O4S. The quantitative estimate of drug-likeness (QED) is 0.608. The molecule has 8 nitrogen and oxygen atoms in total. The zero-order valence-corrected chi connectivity index (χ0v) is 10.9. The van der Waals surface area contributed by atoms with Crippen LogP contribution in [0.4, 0.5) is 11.5 Å². The zero-order chi connectivity index (χ0) is 13.9. The molecule has 0 saturated carbocycles. The number of rotatable bonds is 5. The van der Waals surface area contributed by atoms with Crippen molar-refractivity contribution < 1.29 is 13.3 Å². The number of pyridine rings is 1. The molecule has 0 unspecified atom stereocenters. The highest BCUT2D eigenvalue weighted by Gasteiger charge is 2.17. The van der Waals surface area contributed by atoms with Crippen LogP contribution in [-0.4, -0.2) is 30.1 Å². The van der Waals surface area contributed by atoms with E-state index in [0.29, 0.717) is 0 Å². The van der Waals surface area contributed by atoms with Gasteiger partial charge < -0.3 is 5.32 Å². The van der Waals surface area contributed by atoms with Gasteiger partial charge in [-0.1, -0.05) is 11.6 Å². The monoisotopic (exact) mass is 294 g/mol. The van der Waals surface area contributed by atoms with Gasteiger partial charge in [0.05, 0.1) is 15.2 Å². The second-order valence-electron chi connectivity index (χ2n) is 3.56. The van der Waals surface area contributed by atoms with Gasteiger partial charge in [0, 0.05) is 12.6 Å². The maximum absolute atomic E-state index is 11.0. The van der Waals surface area contributed by atoms with Gasteiger partial charge in [-0.3, -0.25) is 10.1 Å². The molecule has 1 aromatic rings. The molecule has 18 heavy (non-hydrogen) atoms. The predicted octanol–water partition coefficient (Wildman–Crippen LogP) is 0.732. The molecule has 0 radical (unpaired) electrons. The Labute approximate surface area is 108 Å². The third-order valence-corrected chi connectivity index (χ3v) is 3.73. The van der Waals surface area contributed by atoms with E-state index >= 15 is 0 Å². The van der Waals surface area contributed by atoms with Gasteiger partial charge in [-0.15, -0.1) is 0 Å². The van der Waals surface area contributed by atoms with E-state index in [1.54, 1.807) is 0 Å². The Morgan fingerprint density at radius 1 is 1.67 bits per heavy atom. The minimum atomic E-state index is -3.65. The summed E-state index contributed by atoms with van der Waals surface area (Å²) < 4.78 is 22.0. The van der Waals surface area contributed by atoms with Crippen LogP contribution < -0.4 is 10.5 Å². The first-order valence-electron chi connectivity index (χ1n) is 4.77. The standard InChI is InChI=1S/C8H11ClN4O4S/c1-5(18(10,16)17)3-11-8-7(9)2-6(4-12-8)13(14)15/h2,4-5H,3H2,1H3,(H,11,12)(H2,10,16,17)/t5-/m1/s1. The average molecular weight is 295 g/mol. The number of nitrogens with one attached hydrogen (secondary N) is 1. The molecule has 1 atom stereocenters. The summed E-state index contributed by atoms with van der Waals surface area (Å²) in [4.78, 5) is 13.6. The Morgan fingerprint density at radius 2 is 2.28 bits per heavy atom. The Hall–Kier alpha value is -1.45. The molecule has 1 aromatic heterocycles. The average Bonchev–Trinajstić information content (AvgIpc) is 2.25. The third-order valence-electron chi connectivity index (χ3n) is 2.16. The van der Waals surface area contributed by atoms with Gasteiger partial charge >= 0.3 is 0 Å². The summed E-state index contributed by atoms with van der Waals surface area (Å²) in [5.74, 6) is 0.165. The van der Waals surface area contributed by atoms with Crippen LogP contribution >= 0.6 is 11.6 Å². The smallest absolute Gasteiger partial charge is 0.289 e. The van der Waals surface area contributed by atoms with Crippen LogP contribution in [-0.2, 0) is 10.0 Å². The second kappa shape index (κ2) is 5.46. The molecule has 3 N–H and O–H groups in total. The summed E-state index contributed by atoms with van der Waals surface area (Å²) in [5, 5.41) is 17.3. The van der Waals surface area contributed by atoms with Crippen LogP contribution in [0.5, 0.6) is 0 Å². The Bertz CT molecular complexity index is 562. The number of hydrogen-bond acceptors (Lipinski definition) is 6. The lowest BCUT2D eigenvalue weighted by atomic mass is 10.4. The number of nitrogens with zero attached hydrogens (tertiary/aromatic N) is 2. The van der Waals surface area contributed by atoms with Crippen LogP contribution in [0.2, 0.25) is 5.02 Å². The van der Waals surface area contributed by atoms with Gasteiger partial charge in [0.1, 0.15) is 12.0 Å². The number of primary sulfonamides is 1. The molecule has 0 amide bonds. The molecule has 0 bridgehead atoms. The van der Waals surface area contributed by atoms with Gasteiger partial charge in [0.25, 0.3) is 5.69 Å². The van der Waals surface area contributed by atoms with Crippen molar-refractivity contribution >= 4 is 33.1 Å². The zero-order valence-electron chi connectivity index (χ0n) is 9.33. The summed E-state index contributed by atoms with van der Waals surface area (Å²) in [5.41, 5.74) is -0.245. The van der Waals surface area contributed by atoms with Crippen LogP contribution in [0.3, 0.4) is 0 Å². The maximum atomic E-state index is 11.0. The van der Waals surface area contributed by atoms with Crippen LogP contribution in [0, 0.1) is 10.1 Å². The molecule has 0 aliphatic heterocycles. The lowest BCUT2D eigenvalue weighted by Gasteiger charge is -2.11. The third kappa shape index (κ3) is 3.79. The van der Waals surface area contributed by atoms with Crippen molar-refractivity contribution in [1.29, 1.82) is 0 Å². The molecule has 10 heteroatoms. The predicted molar refractivity (Wildman–Crippen MR) is 67.0 cm³/mol. The maximum Gasteiger partial charge on any atom is 0.289 e. The second-order valence-corrected chi connectivity index (χ2v) is 5.95. The fourth-order valence-corrected chi connectivity index (χ4v) is 1.56. The van der Waals surface area contributed by atoms with Gasteiger partial charge in [0.2, 0.25) is 10.0 Å². The van der Waals surface area contributed by atoms with Crippen molar-refractivity contribution in [3.8, 4) is 0 Å². The highest BCUT2D eigenvalue weighted by molar-refractivity contribution is 7.89. The Kier molecular flexibility index (Phi) is 4.43. The Balaban J connectivity index is 2.78. The lowest BCUT2D eigenvalue weighted by Crippen LogP contribution is -2.32. The summed E-state index contributed by atoms with van der Waals surface area (Å²) in [7, 11) is -3.65. The largest absolute Gasteiger partial charge is 0.367 e. The number of aromatic nitrogens is 1. The van der Waals surface area contributed by atoms with E-state index in [-0.39, 0.29) is 23.1 Å². The van der Waals surface area contributed by atoms with Crippen molar-refractivity contribution in [2.45, 2.75) is 12.2 Å². The number of nitro groups is 1. The number of anilines is 1. The fourth-order valence-electron chi connectivity index (χ4n) is 1.01. The van der Waals surface area contributed by atoms with Crippen LogP contribution in [0.15, 0.2) is 12.3 Å². The van der Waals surface area contributed by atoms with Gasteiger partial charge in [-0.25, -0.2) is 18.5 Å². The molecule has 0 fully saturated rings. The van der Waals surface area contributed by atoms with E-state index in [1.807, 2.05) is 0 Å². The first kappa shape index (κ1) is 14.6. The number of halogens is 1. The van der Waals surface area contributed by atoms with Gasteiger partial charge in [0.15, 0.2) is 0 Å². The molecule has 0 spiro atoms. The van der Waals surface area contributed by atoms with E-state index in [2.05, 4.69) is 10.3 Å². The van der Waals surface area contributed by atoms with E-state index in [1.165, 1.54) is 6.92 Å². The number of sulfonamides is 1. The van der Waals surface area contributed by atoms with Gasteiger partial charge in [-0.2, -0.15) is 0 Å². The van der Waals surface area contributed by atoms with E-state index in [0.717, 1.165) is 12.3 Å². The van der Waals surface area contributed by atoms with Crippen molar-refractivity contribution in [3.63, 3.8) is 0 Å². The van der Waals surface area contributed by atoms with Crippen molar-refractivity contribution in [2.24, 2.45) is 5.14 Å². The fraction of sp³-hybridized carbons (Fsp3) is 0.375. The highest BCUT2D eigenvalue weighted by atomic mass is 35.5. The summed E-state index contributed by atoms with van der Waals surface area (Å²) in [6.45, 7) is 1.42. The molecule has 1 heterocycles. The lowest BCUT2D eigenvalue weighted by molar-refractivity contribution is -0.385. The summed E-state index contributed by atoms with van der Waals surface area (Å²) in [6.07, 6.45) is 1.02. The molecule has 0 saturated heterocycles. The number of nitrogens with two attached hydrogens (primary N) is 1. The van der Waals surface area contributed by atoms with Crippen LogP contribution in [0.25, 0.3) is 0 Å². The summed E-state index contributed by atoms with van der Waals surface area (Å²) >= 11 is 5.76. The van der Waals surface area contributed by atoms with E-state index < -0.39 is 20.2 Å². The molecule has 0 aromatic carbocycles. The minimum absolute atomic E-state index is 0.00334. The molecule has 1 rings (SSSR count). The molecule has 0 aliphatic carbocycles. The van der Waals surface area contributed by atoms with Gasteiger partial charge in [-0.05, 0) is 6.92 Å². The highest BCUT2D eigenvalue weighted by Crippen LogP contribution is 2.23. The topological polar surface area (TPSA) is 128 Å². The normalized spacial score (nSPS) is 13.1. The minimum Gasteiger partial charge on any atom is -0.367 e. The first-order chi connectivity index (χ1) is 8.21. The van der Waals surface area contributed by atoms with Crippen molar-refractivity contribution in [1.82, 2.24) is 4.98 Å². The van der Waals surface area contributed by atoms with E-state index in [9.17, 15) is 18.5 Å². The first-order valence-corrected chi connectivity index (χ1v) is 6.76. The Morgan fingerprint density at radius 3 is 2.72 bits per heavy atom.